The van der Waals surface area contributed by atoms with Crippen LogP contribution in [0.15, 0.2) is 41.0 Å². The van der Waals surface area contributed by atoms with Crippen LogP contribution < -0.4 is 14.8 Å². The van der Waals surface area contributed by atoms with E-state index in [0.29, 0.717) is 36.7 Å². The van der Waals surface area contributed by atoms with Crippen molar-refractivity contribution in [2.24, 2.45) is 0 Å². The molecule has 8 heteroatoms. The van der Waals surface area contributed by atoms with Crippen molar-refractivity contribution in [3.63, 3.8) is 0 Å². The summed E-state index contributed by atoms with van der Waals surface area (Å²) in [6, 6.07) is 9.38. The first-order chi connectivity index (χ1) is 13.6. The summed E-state index contributed by atoms with van der Waals surface area (Å²) in [7, 11) is 3.24. The lowest BCUT2D eigenvalue weighted by molar-refractivity contribution is 0.0516. The third kappa shape index (κ3) is 4.28. The second kappa shape index (κ2) is 9.07. The highest BCUT2D eigenvalue weighted by Crippen LogP contribution is 2.24. The number of carbonyl (C=O) groups is 1. The van der Waals surface area contributed by atoms with Gasteiger partial charge in [0, 0.05) is 35.4 Å². The molecule has 148 valence electrons. The van der Waals surface area contributed by atoms with Gasteiger partial charge in [0.15, 0.2) is 5.69 Å². The zero-order valence-corrected chi connectivity index (χ0v) is 17.6. The number of carbonyl (C=O) groups excluding carboxylic acids is 1. The first-order valence-corrected chi connectivity index (χ1v) is 9.61. The highest BCUT2D eigenvalue weighted by atomic mass is 79.9. The molecule has 0 saturated carbocycles. The minimum atomic E-state index is -0.392. The molecule has 7 nitrogen and oxygen atoms in total. The molecule has 0 fully saturated rings. The van der Waals surface area contributed by atoms with Gasteiger partial charge < -0.3 is 19.5 Å². The van der Waals surface area contributed by atoms with Crippen molar-refractivity contribution in [1.29, 1.82) is 0 Å². The summed E-state index contributed by atoms with van der Waals surface area (Å²) >= 11 is 3.44. The van der Waals surface area contributed by atoms with Gasteiger partial charge in [0.2, 0.25) is 0 Å². The number of hydrogen-bond acceptors (Lipinski definition) is 6. The van der Waals surface area contributed by atoms with Crippen molar-refractivity contribution in [3.8, 4) is 11.5 Å². The molecule has 0 saturated heterocycles. The van der Waals surface area contributed by atoms with Crippen molar-refractivity contribution in [1.82, 2.24) is 14.7 Å². The lowest BCUT2D eigenvalue weighted by Gasteiger charge is -2.11. The van der Waals surface area contributed by atoms with Crippen LogP contribution in [0.25, 0.3) is 5.65 Å². The van der Waals surface area contributed by atoms with Crippen LogP contribution in [0.1, 0.15) is 28.7 Å². The zero-order valence-electron chi connectivity index (χ0n) is 16.0. The molecule has 0 spiro atoms. The van der Waals surface area contributed by atoms with Gasteiger partial charge in [-0.1, -0.05) is 22.0 Å². The molecule has 1 aromatic carbocycles. The molecule has 0 amide bonds. The van der Waals surface area contributed by atoms with Crippen LogP contribution in [-0.4, -0.2) is 36.2 Å². The van der Waals surface area contributed by atoms with E-state index < -0.39 is 5.97 Å². The zero-order chi connectivity index (χ0) is 20.1. The van der Waals surface area contributed by atoms with Gasteiger partial charge in [-0.25, -0.2) is 9.78 Å². The van der Waals surface area contributed by atoms with E-state index in [2.05, 4.69) is 26.2 Å². The van der Waals surface area contributed by atoms with Gasteiger partial charge in [-0.2, -0.15) is 0 Å². The molecule has 2 aromatic heterocycles. The summed E-state index contributed by atoms with van der Waals surface area (Å²) in [6.07, 6.45) is 1.80. The van der Waals surface area contributed by atoms with Crippen LogP contribution in [0, 0.1) is 0 Å². The summed E-state index contributed by atoms with van der Waals surface area (Å²) in [5.41, 5.74) is 2.71. The standard InChI is InChI=1S/C20H22BrN3O4/c1-4-28-20(25)19-16(23-18-9-14(21)7-8-24(18)19)12-22-11-13-5-6-15(26-2)10-17(13)27-3/h5-10,22H,4,11-12H2,1-3H3. The highest BCUT2D eigenvalue weighted by molar-refractivity contribution is 9.10. The summed E-state index contributed by atoms with van der Waals surface area (Å²) in [4.78, 5) is 17.1. The SMILES string of the molecule is CCOC(=O)c1c(CNCc2ccc(OC)cc2OC)nc2cc(Br)ccn12. The molecule has 0 bridgehead atoms. The van der Waals surface area contributed by atoms with Crippen LogP contribution in [0.5, 0.6) is 11.5 Å². The number of imidazole rings is 1. The summed E-state index contributed by atoms with van der Waals surface area (Å²) < 4.78 is 18.5. The van der Waals surface area contributed by atoms with Crippen LogP contribution in [0.4, 0.5) is 0 Å². The van der Waals surface area contributed by atoms with Crippen molar-refractivity contribution in [2.75, 3.05) is 20.8 Å². The fourth-order valence-electron chi connectivity index (χ4n) is 2.92. The minimum absolute atomic E-state index is 0.304. The number of benzene rings is 1. The molecule has 1 N–H and O–H groups in total. The number of rotatable bonds is 8. The van der Waals surface area contributed by atoms with Crippen molar-refractivity contribution in [2.45, 2.75) is 20.0 Å². The Kier molecular flexibility index (Phi) is 6.53. The van der Waals surface area contributed by atoms with E-state index in [1.54, 1.807) is 31.7 Å². The topological polar surface area (TPSA) is 74.1 Å². The molecule has 0 atom stereocenters. The van der Waals surface area contributed by atoms with Crippen LogP contribution >= 0.6 is 15.9 Å². The monoisotopic (exact) mass is 447 g/mol. The van der Waals surface area contributed by atoms with Gasteiger partial charge in [0.05, 0.1) is 26.5 Å². The molecular weight excluding hydrogens is 426 g/mol. The Morgan fingerprint density at radius 1 is 1.18 bits per heavy atom. The van der Waals surface area contributed by atoms with Gasteiger partial charge in [-0.05, 0) is 25.1 Å². The Balaban J connectivity index is 1.82. The largest absolute Gasteiger partial charge is 0.497 e. The maximum absolute atomic E-state index is 12.5. The number of nitrogens with one attached hydrogen (secondary N) is 1. The molecule has 3 aromatic rings. The number of esters is 1. The van der Waals surface area contributed by atoms with Gasteiger partial charge in [-0.3, -0.25) is 4.40 Å². The fraction of sp³-hybridized carbons (Fsp3) is 0.300. The molecule has 0 aliphatic rings. The molecule has 0 unspecified atom stereocenters. The number of ether oxygens (including phenoxy) is 3. The highest BCUT2D eigenvalue weighted by Gasteiger charge is 2.20. The molecule has 0 aliphatic carbocycles. The van der Waals surface area contributed by atoms with E-state index in [0.717, 1.165) is 21.5 Å². The van der Waals surface area contributed by atoms with E-state index in [-0.39, 0.29) is 0 Å². The van der Waals surface area contributed by atoms with Crippen LogP contribution in [-0.2, 0) is 17.8 Å². The van der Waals surface area contributed by atoms with Gasteiger partial charge in [0.25, 0.3) is 0 Å². The second-order valence-corrected chi connectivity index (χ2v) is 6.90. The Morgan fingerprint density at radius 3 is 2.71 bits per heavy atom. The number of fused-ring (bicyclic) bond motifs is 1. The lowest BCUT2D eigenvalue weighted by atomic mass is 10.2. The first kappa shape index (κ1) is 20.2. The van der Waals surface area contributed by atoms with E-state index in [9.17, 15) is 4.79 Å². The number of pyridine rings is 1. The Bertz CT molecular complexity index is 987. The van der Waals surface area contributed by atoms with E-state index >= 15 is 0 Å². The number of hydrogen-bond donors (Lipinski definition) is 1. The summed E-state index contributed by atoms with van der Waals surface area (Å²) in [5.74, 6) is 1.07. The average Bonchev–Trinajstić information content (AvgIpc) is 3.05. The summed E-state index contributed by atoms with van der Waals surface area (Å²) in [6.45, 7) is 3.04. The molecule has 0 aliphatic heterocycles. The van der Waals surface area contributed by atoms with Gasteiger partial charge in [-0.15, -0.1) is 0 Å². The molecular formula is C20H22BrN3O4. The van der Waals surface area contributed by atoms with Crippen LogP contribution in [0.3, 0.4) is 0 Å². The number of halogens is 1. The quantitative estimate of drug-likeness (QED) is 0.531. The number of nitrogens with zero attached hydrogens (tertiary/aromatic N) is 2. The predicted molar refractivity (Wildman–Crippen MR) is 109 cm³/mol. The van der Waals surface area contributed by atoms with Crippen LogP contribution in [0.2, 0.25) is 0 Å². The van der Waals surface area contributed by atoms with Crippen molar-refractivity contribution >= 4 is 27.5 Å². The molecule has 0 radical (unpaired) electrons. The van der Waals surface area contributed by atoms with Gasteiger partial charge in [0.1, 0.15) is 17.1 Å². The maximum Gasteiger partial charge on any atom is 0.357 e. The second-order valence-electron chi connectivity index (χ2n) is 5.98. The predicted octanol–water partition coefficient (Wildman–Crippen LogP) is 3.58. The molecule has 3 rings (SSSR count). The third-order valence-electron chi connectivity index (χ3n) is 4.23. The summed E-state index contributed by atoms with van der Waals surface area (Å²) in [5, 5.41) is 3.33. The molecule has 2 heterocycles. The Labute approximate surface area is 171 Å². The normalized spacial score (nSPS) is 10.9. The van der Waals surface area contributed by atoms with Crippen molar-refractivity contribution < 1.29 is 19.0 Å². The fourth-order valence-corrected chi connectivity index (χ4v) is 3.24. The maximum atomic E-state index is 12.5. The number of methoxy groups -OCH3 is 2. The minimum Gasteiger partial charge on any atom is -0.497 e. The smallest absolute Gasteiger partial charge is 0.357 e. The molecule has 28 heavy (non-hydrogen) atoms. The lowest BCUT2D eigenvalue weighted by Crippen LogP contribution is -2.17. The average molecular weight is 448 g/mol. The number of aromatic nitrogens is 2. The Hall–Kier alpha value is -2.58. The Morgan fingerprint density at radius 2 is 2.00 bits per heavy atom. The van der Waals surface area contributed by atoms with Crippen molar-refractivity contribution in [3.05, 3.63) is 58.0 Å². The van der Waals surface area contributed by atoms with E-state index in [1.165, 1.54) is 0 Å². The first-order valence-electron chi connectivity index (χ1n) is 8.82. The van der Waals surface area contributed by atoms with Gasteiger partial charge >= 0.3 is 5.97 Å². The third-order valence-corrected chi connectivity index (χ3v) is 4.72. The van der Waals surface area contributed by atoms with E-state index in [1.807, 2.05) is 30.3 Å². The van der Waals surface area contributed by atoms with E-state index in [4.69, 9.17) is 14.2 Å².